The van der Waals surface area contributed by atoms with E-state index in [9.17, 15) is 9.90 Å². The Hall–Kier alpha value is -0.570. The van der Waals surface area contributed by atoms with Crippen molar-refractivity contribution in [3.8, 4) is 0 Å². The van der Waals surface area contributed by atoms with E-state index in [1.54, 1.807) is 0 Å². The van der Waals surface area contributed by atoms with Crippen LogP contribution >= 0.6 is 15.9 Å². The lowest BCUT2D eigenvalue weighted by molar-refractivity contribution is -0.138. The molecule has 15 heavy (non-hydrogen) atoms. The van der Waals surface area contributed by atoms with Gasteiger partial charge in [-0.2, -0.15) is 0 Å². The van der Waals surface area contributed by atoms with E-state index in [1.807, 2.05) is 0 Å². The van der Waals surface area contributed by atoms with Crippen LogP contribution in [0.25, 0.3) is 0 Å². The van der Waals surface area contributed by atoms with Crippen LogP contribution in [0.5, 0.6) is 0 Å². The normalized spacial score (nSPS) is 50.7. The molecule has 2 nitrogen and oxygen atoms in total. The third kappa shape index (κ3) is 0.748. The van der Waals surface area contributed by atoms with Gasteiger partial charge in [0.1, 0.15) is 4.32 Å². The molecule has 1 saturated carbocycles. The summed E-state index contributed by atoms with van der Waals surface area (Å²) in [7, 11) is 0. The Balaban J connectivity index is 2.14. The van der Waals surface area contributed by atoms with Crippen molar-refractivity contribution in [2.24, 2.45) is 10.8 Å². The minimum atomic E-state index is -0.694. The Bertz CT molecular complexity index is 350. The number of allylic oxidation sites excluding steroid dienone is 4. The third-order valence-electron chi connectivity index (χ3n) is 4.67. The van der Waals surface area contributed by atoms with Gasteiger partial charge in [-0.15, -0.1) is 0 Å². The number of hydrogen-bond acceptors (Lipinski definition) is 1. The molecule has 0 radical (unpaired) electrons. The Kier molecular flexibility index (Phi) is 1.65. The van der Waals surface area contributed by atoms with Crippen molar-refractivity contribution < 1.29 is 9.90 Å². The molecule has 3 aliphatic carbocycles. The molecule has 0 aromatic rings. The zero-order chi connectivity index (χ0) is 10.7. The second kappa shape index (κ2) is 2.57. The van der Waals surface area contributed by atoms with E-state index >= 15 is 0 Å². The van der Waals surface area contributed by atoms with Gasteiger partial charge in [0.05, 0.1) is 0 Å². The number of alkyl halides is 1. The Morgan fingerprint density at radius 3 is 1.60 bits per heavy atom. The first-order valence-electron chi connectivity index (χ1n) is 5.33. The number of aliphatic carboxylic acids is 1. The van der Waals surface area contributed by atoms with Crippen LogP contribution < -0.4 is 0 Å². The monoisotopic (exact) mass is 268 g/mol. The van der Waals surface area contributed by atoms with Gasteiger partial charge < -0.3 is 5.11 Å². The fraction of sp³-hybridized carbons (Fsp3) is 0.583. The molecule has 0 saturated heterocycles. The lowest BCUT2D eigenvalue weighted by atomic mass is 9.76. The molecule has 0 bridgehead atoms. The highest BCUT2D eigenvalue weighted by Gasteiger charge is 2.88. The average molecular weight is 269 g/mol. The van der Waals surface area contributed by atoms with Gasteiger partial charge in [0.15, 0.2) is 0 Å². The van der Waals surface area contributed by atoms with Gasteiger partial charge in [0, 0.05) is 10.8 Å². The molecule has 0 unspecified atom stereocenters. The number of rotatable bonds is 1. The predicted molar refractivity (Wildman–Crippen MR) is 60.9 cm³/mol. The molecule has 1 fully saturated rings. The van der Waals surface area contributed by atoms with E-state index < -0.39 is 10.3 Å². The highest BCUT2D eigenvalue weighted by Crippen LogP contribution is 2.85. The van der Waals surface area contributed by atoms with Crippen LogP contribution in [-0.2, 0) is 4.79 Å². The summed E-state index contributed by atoms with van der Waals surface area (Å²) >= 11 is 3.54. The van der Waals surface area contributed by atoms with Gasteiger partial charge in [-0.25, -0.2) is 0 Å². The van der Waals surface area contributed by atoms with Gasteiger partial charge in [-0.3, -0.25) is 4.79 Å². The molecule has 0 amide bonds. The van der Waals surface area contributed by atoms with Gasteiger partial charge in [-0.05, 0) is 25.7 Å². The maximum absolute atomic E-state index is 11.5. The summed E-state index contributed by atoms with van der Waals surface area (Å²) in [5, 5.41) is 9.46. The molecule has 0 spiro atoms. The van der Waals surface area contributed by atoms with Gasteiger partial charge in [0.25, 0.3) is 0 Å². The molecule has 3 aliphatic rings. The average Bonchev–Trinajstić information content (AvgIpc) is 2.77. The summed E-state index contributed by atoms with van der Waals surface area (Å²) in [6, 6.07) is 0. The largest absolute Gasteiger partial charge is 0.480 e. The zero-order valence-electron chi connectivity index (χ0n) is 8.37. The molecule has 3 rings (SSSR count). The van der Waals surface area contributed by atoms with Crippen molar-refractivity contribution >= 4 is 21.9 Å². The standard InChI is InChI=1S/C12H13BrO2/c13-12(9(14)15)10-5-1-2-6-11(10,12)8-4-3-7-10/h1-4H,5-8H2,(H,14,15). The van der Waals surface area contributed by atoms with E-state index in [-0.39, 0.29) is 10.8 Å². The van der Waals surface area contributed by atoms with E-state index in [2.05, 4.69) is 40.2 Å². The van der Waals surface area contributed by atoms with Crippen molar-refractivity contribution in [2.45, 2.75) is 30.0 Å². The second-order valence-corrected chi connectivity index (χ2v) is 6.08. The Morgan fingerprint density at radius 2 is 1.33 bits per heavy atom. The van der Waals surface area contributed by atoms with Crippen LogP contribution in [0, 0.1) is 10.8 Å². The highest BCUT2D eigenvalue weighted by atomic mass is 79.9. The summed E-state index contributed by atoms with van der Waals surface area (Å²) in [4.78, 5) is 11.5. The first-order chi connectivity index (χ1) is 7.11. The SMILES string of the molecule is O=C(O)C1(Br)C23CC=CCC21CC=CC3. The minimum Gasteiger partial charge on any atom is -0.480 e. The van der Waals surface area contributed by atoms with E-state index in [4.69, 9.17) is 0 Å². The number of hydrogen-bond donors (Lipinski definition) is 1. The van der Waals surface area contributed by atoms with Crippen molar-refractivity contribution in [1.82, 2.24) is 0 Å². The summed E-state index contributed by atoms with van der Waals surface area (Å²) in [5.41, 5.74) is -0.120. The van der Waals surface area contributed by atoms with Crippen molar-refractivity contribution in [3.63, 3.8) is 0 Å². The summed E-state index contributed by atoms with van der Waals surface area (Å²) in [6.07, 6.45) is 12.2. The Labute approximate surface area is 97.2 Å². The molecule has 3 heteroatoms. The Morgan fingerprint density at radius 1 is 1.00 bits per heavy atom. The zero-order valence-corrected chi connectivity index (χ0v) is 9.96. The quantitative estimate of drug-likeness (QED) is 0.587. The molecule has 0 aromatic carbocycles. The second-order valence-electron chi connectivity index (χ2n) is 4.89. The van der Waals surface area contributed by atoms with Crippen LogP contribution in [0.3, 0.4) is 0 Å². The fourth-order valence-electron chi connectivity index (χ4n) is 3.85. The van der Waals surface area contributed by atoms with Crippen LogP contribution in [-0.4, -0.2) is 15.4 Å². The smallest absolute Gasteiger partial charge is 0.321 e. The topological polar surface area (TPSA) is 37.3 Å². The lowest BCUT2D eigenvalue weighted by Gasteiger charge is -2.27. The third-order valence-corrected chi connectivity index (χ3v) is 6.52. The van der Waals surface area contributed by atoms with Gasteiger partial charge in [-0.1, -0.05) is 40.2 Å². The number of carbonyl (C=O) groups is 1. The summed E-state index contributed by atoms with van der Waals surface area (Å²) in [5.74, 6) is -0.685. The summed E-state index contributed by atoms with van der Waals surface area (Å²) in [6.45, 7) is 0. The number of carboxylic acid groups (broad SMARTS) is 1. The number of halogens is 1. The van der Waals surface area contributed by atoms with E-state index in [0.717, 1.165) is 25.7 Å². The summed E-state index contributed by atoms with van der Waals surface area (Å²) < 4.78 is -0.694. The molecule has 1 N–H and O–H groups in total. The van der Waals surface area contributed by atoms with Gasteiger partial charge >= 0.3 is 5.97 Å². The molecule has 0 heterocycles. The van der Waals surface area contributed by atoms with Crippen molar-refractivity contribution in [2.75, 3.05) is 0 Å². The van der Waals surface area contributed by atoms with Crippen LogP contribution in [0.2, 0.25) is 0 Å². The molecular formula is C12H13BrO2. The predicted octanol–water partition coefficient (Wildman–Crippen LogP) is 2.89. The van der Waals surface area contributed by atoms with Crippen molar-refractivity contribution in [1.29, 1.82) is 0 Å². The van der Waals surface area contributed by atoms with Crippen LogP contribution in [0.4, 0.5) is 0 Å². The number of carboxylic acids is 1. The van der Waals surface area contributed by atoms with Crippen LogP contribution in [0.1, 0.15) is 25.7 Å². The molecule has 80 valence electrons. The first kappa shape index (κ1) is 9.64. The molecule has 0 aromatic heterocycles. The minimum absolute atomic E-state index is 0.0602. The van der Waals surface area contributed by atoms with E-state index in [1.165, 1.54) is 0 Å². The fourth-order valence-corrected chi connectivity index (χ4v) is 5.16. The maximum atomic E-state index is 11.5. The highest BCUT2D eigenvalue weighted by molar-refractivity contribution is 9.10. The molecule has 0 atom stereocenters. The molecular weight excluding hydrogens is 256 g/mol. The molecule has 0 aliphatic heterocycles. The van der Waals surface area contributed by atoms with E-state index in [0.29, 0.717) is 0 Å². The first-order valence-corrected chi connectivity index (χ1v) is 6.12. The lowest BCUT2D eigenvalue weighted by Crippen LogP contribution is -2.24. The maximum Gasteiger partial charge on any atom is 0.321 e. The van der Waals surface area contributed by atoms with Crippen LogP contribution in [0.15, 0.2) is 24.3 Å². The van der Waals surface area contributed by atoms with Crippen molar-refractivity contribution in [3.05, 3.63) is 24.3 Å². The van der Waals surface area contributed by atoms with Gasteiger partial charge in [0.2, 0.25) is 0 Å².